The van der Waals surface area contributed by atoms with Gasteiger partial charge < -0.3 is 0 Å². The highest BCUT2D eigenvalue weighted by atomic mass is 31.0. The molecule has 0 saturated heterocycles. The number of rotatable bonds is 7. The highest BCUT2D eigenvalue weighted by molar-refractivity contribution is 7.18. The molecule has 0 bridgehead atoms. The first-order valence-electron chi connectivity index (χ1n) is 6.66. The van der Waals surface area contributed by atoms with Gasteiger partial charge in [-0.2, -0.15) is 15.8 Å². The molecule has 4 heteroatoms. The Hall–Kier alpha value is -1.88. The molecule has 1 rings (SSSR count). The fourth-order valence-electron chi connectivity index (χ4n) is 2.37. The Labute approximate surface area is 123 Å². The first-order chi connectivity index (χ1) is 9.68. The van der Waals surface area contributed by atoms with E-state index in [4.69, 9.17) is 15.8 Å². The molecular formula is C16H18N3P. The van der Waals surface area contributed by atoms with Crippen molar-refractivity contribution in [1.82, 2.24) is 0 Å². The minimum Gasteiger partial charge on any atom is -0.198 e. The van der Waals surface area contributed by atoms with Crippen LogP contribution >= 0.6 is 9.24 Å². The number of benzene rings is 1. The van der Waals surface area contributed by atoms with E-state index in [1.165, 1.54) is 0 Å². The Morgan fingerprint density at radius 3 is 2.00 bits per heavy atom. The van der Waals surface area contributed by atoms with E-state index in [-0.39, 0.29) is 5.16 Å². The summed E-state index contributed by atoms with van der Waals surface area (Å²) in [5.74, 6) is 0. The average Bonchev–Trinajstić information content (AvgIpc) is 2.49. The van der Waals surface area contributed by atoms with E-state index in [1.807, 2.05) is 18.2 Å². The van der Waals surface area contributed by atoms with Crippen molar-refractivity contribution >= 4 is 9.24 Å². The first-order valence-corrected chi connectivity index (χ1v) is 7.24. The van der Waals surface area contributed by atoms with Crippen LogP contribution < -0.4 is 0 Å². The van der Waals surface area contributed by atoms with Crippen molar-refractivity contribution in [3.63, 3.8) is 0 Å². The zero-order valence-electron chi connectivity index (χ0n) is 11.5. The summed E-state index contributed by atoms with van der Waals surface area (Å²) in [5.41, 5.74) is 2.28. The Bertz CT molecular complexity index is 542. The molecule has 0 N–H and O–H groups in total. The second kappa shape index (κ2) is 8.32. The minimum absolute atomic E-state index is 0.252. The second-order valence-electron chi connectivity index (χ2n) is 4.79. The second-order valence-corrected chi connectivity index (χ2v) is 5.89. The summed E-state index contributed by atoms with van der Waals surface area (Å²) in [7, 11) is 2.84. The molecule has 1 atom stereocenters. The summed E-state index contributed by atoms with van der Waals surface area (Å²) in [4.78, 5) is 0. The van der Waals surface area contributed by atoms with Gasteiger partial charge in [0.15, 0.2) is 0 Å². The van der Waals surface area contributed by atoms with E-state index in [9.17, 15) is 0 Å². The summed E-state index contributed by atoms with van der Waals surface area (Å²) in [6.45, 7) is 0. The molecule has 0 fully saturated rings. The molecule has 0 heterocycles. The van der Waals surface area contributed by atoms with Gasteiger partial charge in [0, 0.05) is 24.4 Å². The quantitative estimate of drug-likeness (QED) is 0.714. The standard InChI is InChI=1S/C16H18N3P/c17-11-3-7-14-6-1-2-8-15(14)16(20,9-4-12-18)10-5-13-19/h1-2,6,8H,3-5,7,9-10,20H2. The van der Waals surface area contributed by atoms with Crippen molar-refractivity contribution in [3.8, 4) is 18.2 Å². The van der Waals surface area contributed by atoms with Crippen LogP contribution in [0.3, 0.4) is 0 Å². The van der Waals surface area contributed by atoms with E-state index < -0.39 is 0 Å². The van der Waals surface area contributed by atoms with Crippen molar-refractivity contribution in [2.75, 3.05) is 0 Å². The predicted molar refractivity (Wildman–Crippen MR) is 81.5 cm³/mol. The van der Waals surface area contributed by atoms with Crippen molar-refractivity contribution in [2.45, 2.75) is 43.7 Å². The first kappa shape index (κ1) is 16.2. The Morgan fingerprint density at radius 2 is 1.45 bits per heavy atom. The molecule has 20 heavy (non-hydrogen) atoms. The van der Waals surface area contributed by atoms with Crippen LogP contribution in [0.2, 0.25) is 0 Å². The molecule has 3 nitrogen and oxygen atoms in total. The predicted octanol–water partition coefficient (Wildman–Crippen LogP) is 3.82. The third-order valence-corrected chi connectivity index (χ3v) is 4.31. The number of nitrogens with zero attached hydrogens (tertiary/aromatic N) is 3. The van der Waals surface area contributed by atoms with Crippen LogP contribution in [0.4, 0.5) is 0 Å². The third kappa shape index (κ3) is 4.35. The lowest BCUT2D eigenvalue weighted by Gasteiger charge is -2.30. The normalized spacial score (nSPS) is 10.3. The molecule has 0 aliphatic heterocycles. The number of nitriles is 3. The zero-order chi connectivity index (χ0) is 14.8. The van der Waals surface area contributed by atoms with Crippen LogP contribution in [0, 0.1) is 34.0 Å². The van der Waals surface area contributed by atoms with Crippen LogP contribution in [-0.2, 0) is 11.6 Å². The zero-order valence-corrected chi connectivity index (χ0v) is 12.6. The maximum absolute atomic E-state index is 8.85. The molecule has 0 spiro atoms. The van der Waals surface area contributed by atoms with Gasteiger partial charge in [0.2, 0.25) is 0 Å². The van der Waals surface area contributed by atoms with Crippen molar-refractivity contribution < 1.29 is 0 Å². The fourth-order valence-corrected chi connectivity index (χ4v) is 2.94. The van der Waals surface area contributed by atoms with Gasteiger partial charge in [-0.1, -0.05) is 24.3 Å². The van der Waals surface area contributed by atoms with Gasteiger partial charge in [0.1, 0.15) is 0 Å². The lowest BCUT2D eigenvalue weighted by molar-refractivity contribution is 0.533. The fraction of sp³-hybridized carbons (Fsp3) is 0.438. The smallest absolute Gasteiger partial charge is 0.0625 e. The summed E-state index contributed by atoms with van der Waals surface area (Å²) < 4.78 is 0. The third-order valence-electron chi connectivity index (χ3n) is 3.43. The molecule has 0 radical (unpaired) electrons. The summed E-state index contributed by atoms with van der Waals surface area (Å²) in [6, 6.07) is 14.6. The maximum atomic E-state index is 8.85. The molecule has 1 aromatic carbocycles. The van der Waals surface area contributed by atoms with E-state index in [0.717, 1.165) is 11.1 Å². The molecule has 0 aliphatic carbocycles. The lowest BCUT2D eigenvalue weighted by atomic mass is 9.85. The van der Waals surface area contributed by atoms with Crippen molar-refractivity contribution in [3.05, 3.63) is 35.4 Å². The van der Waals surface area contributed by atoms with Gasteiger partial charge >= 0.3 is 0 Å². The van der Waals surface area contributed by atoms with Gasteiger partial charge in [0.25, 0.3) is 0 Å². The minimum atomic E-state index is -0.252. The van der Waals surface area contributed by atoms with E-state index in [1.54, 1.807) is 0 Å². The average molecular weight is 283 g/mol. The molecule has 0 amide bonds. The topological polar surface area (TPSA) is 71.4 Å². The van der Waals surface area contributed by atoms with Gasteiger partial charge in [0.05, 0.1) is 18.2 Å². The summed E-state index contributed by atoms with van der Waals surface area (Å²) in [6.07, 6.45) is 3.53. The van der Waals surface area contributed by atoms with Gasteiger partial charge in [-0.15, -0.1) is 9.24 Å². The highest BCUT2D eigenvalue weighted by Crippen LogP contribution is 2.42. The van der Waals surface area contributed by atoms with E-state index in [2.05, 4.69) is 33.5 Å². The molecular weight excluding hydrogens is 265 g/mol. The summed E-state index contributed by atoms with van der Waals surface area (Å²) >= 11 is 0. The molecule has 0 aliphatic rings. The highest BCUT2D eigenvalue weighted by Gasteiger charge is 2.28. The van der Waals surface area contributed by atoms with Crippen LogP contribution in [-0.4, -0.2) is 0 Å². The molecule has 1 unspecified atom stereocenters. The number of aryl methyl sites for hydroxylation is 1. The Morgan fingerprint density at radius 1 is 0.900 bits per heavy atom. The molecule has 1 aromatic rings. The van der Waals surface area contributed by atoms with Gasteiger partial charge in [-0.05, 0) is 30.4 Å². The van der Waals surface area contributed by atoms with Crippen LogP contribution in [0.1, 0.15) is 43.2 Å². The number of hydrogen-bond acceptors (Lipinski definition) is 3. The summed E-state index contributed by atoms with van der Waals surface area (Å²) in [5, 5.41) is 26.2. The van der Waals surface area contributed by atoms with Gasteiger partial charge in [-0.3, -0.25) is 0 Å². The van der Waals surface area contributed by atoms with E-state index in [0.29, 0.717) is 38.5 Å². The van der Waals surface area contributed by atoms with Crippen LogP contribution in [0.25, 0.3) is 0 Å². The molecule has 0 saturated carbocycles. The Balaban J connectivity index is 3.10. The SMILES string of the molecule is N#CCCc1ccccc1C(P)(CCC#N)CCC#N. The van der Waals surface area contributed by atoms with Crippen LogP contribution in [0.5, 0.6) is 0 Å². The van der Waals surface area contributed by atoms with E-state index >= 15 is 0 Å². The maximum Gasteiger partial charge on any atom is 0.0625 e. The van der Waals surface area contributed by atoms with Gasteiger partial charge in [-0.25, -0.2) is 0 Å². The molecule has 0 aromatic heterocycles. The van der Waals surface area contributed by atoms with Crippen molar-refractivity contribution in [1.29, 1.82) is 15.8 Å². The number of hydrogen-bond donors (Lipinski definition) is 0. The Kier molecular flexibility index (Phi) is 6.73. The monoisotopic (exact) mass is 283 g/mol. The van der Waals surface area contributed by atoms with Crippen molar-refractivity contribution in [2.24, 2.45) is 0 Å². The lowest BCUT2D eigenvalue weighted by Crippen LogP contribution is -2.20. The van der Waals surface area contributed by atoms with Crippen LogP contribution in [0.15, 0.2) is 24.3 Å². The largest absolute Gasteiger partial charge is 0.198 e. The molecule has 102 valence electrons.